The summed E-state index contributed by atoms with van der Waals surface area (Å²) < 4.78 is 0. The first kappa shape index (κ1) is 21.4. The van der Waals surface area contributed by atoms with Crippen molar-refractivity contribution >= 4 is 24.4 Å². The van der Waals surface area contributed by atoms with Crippen LogP contribution in [-0.2, 0) is 0 Å². The van der Waals surface area contributed by atoms with Crippen LogP contribution in [0, 0.1) is 0 Å². The zero-order valence-corrected chi connectivity index (χ0v) is 19.9. The van der Waals surface area contributed by atoms with Crippen LogP contribution in [0.5, 0.6) is 0 Å². The van der Waals surface area contributed by atoms with Gasteiger partial charge in [0.1, 0.15) is 0 Å². The first-order chi connectivity index (χ1) is 15.7. The quantitative estimate of drug-likeness (QED) is 0.294. The molecule has 5 rings (SSSR count). The average molecular weight is 453 g/mol. The highest BCUT2D eigenvalue weighted by atomic mass is 32.2. The fourth-order valence-electron chi connectivity index (χ4n) is 4.60. The molecule has 1 aliphatic carbocycles. The maximum absolute atomic E-state index is 4.37. The second-order valence-electron chi connectivity index (χ2n) is 8.65. The Balaban J connectivity index is 1.24. The third-order valence-electron chi connectivity index (χ3n) is 6.47. The fraction of sp³-hybridized carbons (Fsp3) is 0.200. The van der Waals surface area contributed by atoms with Crippen molar-refractivity contribution in [2.24, 2.45) is 0 Å². The molecule has 0 amide bonds. The van der Waals surface area contributed by atoms with E-state index in [0.29, 0.717) is 0 Å². The zero-order valence-electron chi connectivity index (χ0n) is 18.2. The van der Waals surface area contributed by atoms with E-state index in [2.05, 4.69) is 97.6 Å². The number of thiol groups is 1. The van der Waals surface area contributed by atoms with Gasteiger partial charge in [-0.25, -0.2) is 0 Å². The van der Waals surface area contributed by atoms with Gasteiger partial charge in [0.25, 0.3) is 0 Å². The van der Waals surface area contributed by atoms with E-state index in [4.69, 9.17) is 0 Å². The molecule has 2 heteroatoms. The summed E-state index contributed by atoms with van der Waals surface area (Å²) in [5.41, 5.74) is 6.46. The summed E-state index contributed by atoms with van der Waals surface area (Å²) in [6.45, 7) is 0. The van der Waals surface area contributed by atoms with Crippen LogP contribution < -0.4 is 0 Å². The van der Waals surface area contributed by atoms with Crippen LogP contribution in [0.1, 0.15) is 43.6 Å². The summed E-state index contributed by atoms with van der Waals surface area (Å²) >= 11 is 6.21. The number of benzene rings is 4. The molecule has 0 spiro atoms. The van der Waals surface area contributed by atoms with E-state index in [9.17, 15) is 0 Å². The van der Waals surface area contributed by atoms with Gasteiger partial charge >= 0.3 is 0 Å². The van der Waals surface area contributed by atoms with Gasteiger partial charge in [-0.1, -0.05) is 91.7 Å². The second-order valence-corrected chi connectivity index (χ2v) is 10.3. The highest BCUT2D eigenvalue weighted by Gasteiger charge is 2.15. The molecular weight excluding hydrogens is 424 g/mol. The number of hydrogen-bond donors (Lipinski definition) is 1. The van der Waals surface area contributed by atoms with Crippen LogP contribution in [0.3, 0.4) is 0 Å². The Morgan fingerprint density at radius 2 is 0.906 bits per heavy atom. The predicted octanol–water partition coefficient (Wildman–Crippen LogP) is 9.51. The molecule has 0 aliphatic heterocycles. The average Bonchev–Trinajstić information content (AvgIpc) is 2.86. The number of hydrogen-bond acceptors (Lipinski definition) is 2. The predicted molar refractivity (Wildman–Crippen MR) is 141 cm³/mol. The second kappa shape index (κ2) is 10.0. The van der Waals surface area contributed by atoms with Gasteiger partial charge in [0.2, 0.25) is 0 Å². The summed E-state index contributed by atoms with van der Waals surface area (Å²) in [4.78, 5) is 3.58. The highest BCUT2D eigenvalue weighted by Crippen LogP contribution is 2.35. The molecule has 1 fully saturated rings. The Bertz CT molecular complexity index is 1140. The standard InChI is InChI=1S/C30H28S2/c31-28-16-10-25(11-17-28)23-6-8-24(9-7-23)27-14-20-30(21-15-27)32-29-18-12-26(13-19-29)22-4-2-1-3-5-22/h6-22,31H,1-5H2. The molecule has 0 aromatic heterocycles. The third-order valence-corrected chi connectivity index (χ3v) is 7.78. The summed E-state index contributed by atoms with van der Waals surface area (Å²) in [6, 6.07) is 35.3. The molecule has 4 aromatic rings. The van der Waals surface area contributed by atoms with E-state index in [1.165, 1.54) is 69.7 Å². The topological polar surface area (TPSA) is 0 Å². The van der Waals surface area contributed by atoms with Crippen LogP contribution in [0.2, 0.25) is 0 Å². The lowest BCUT2D eigenvalue weighted by Crippen LogP contribution is -2.03. The number of rotatable bonds is 5. The smallest absolute Gasteiger partial charge is 0.0122 e. The highest BCUT2D eigenvalue weighted by molar-refractivity contribution is 7.99. The van der Waals surface area contributed by atoms with E-state index in [1.807, 2.05) is 23.9 Å². The molecule has 0 atom stereocenters. The van der Waals surface area contributed by atoms with Crippen LogP contribution in [0.15, 0.2) is 112 Å². The molecule has 0 saturated heterocycles. The first-order valence-corrected chi connectivity index (χ1v) is 12.8. The lowest BCUT2D eigenvalue weighted by Gasteiger charge is -2.22. The van der Waals surface area contributed by atoms with Gasteiger partial charge in [-0.15, -0.1) is 12.6 Å². The van der Waals surface area contributed by atoms with Crippen molar-refractivity contribution in [3.05, 3.63) is 103 Å². The van der Waals surface area contributed by atoms with Crippen molar-refractivity contribution in [2.75, 3.05) is 0 Å². The Morgan fingerprint density at radius 1 is 0.500 bits per heavy atom. The lowest BCUT2D eigenvalue weighted by atomic mass is 9.84. The molecule has 1 aliphatic rings. The minimum atomic E-state index is 0.774. The maximum atomic E-state index is 4.37. The van der Waals surface area contributed by atoms with Crippen molar-refractivity contribution in [3.63, 3.8) is 0 Å². The van der Waals surface area contributed by atoms with Gasteiger partial charge in [0.15, 0.2) is 0 Å². The van der Waals surface area contributed by atoms with Crippen LogP contribution in [0.4, 0.5) is 0 Å². The Hall–Kier alpha value is -2.42. The molecule has 1 saturated carbocycles. The molecular formula is C30H28S2. The Morgan fingerprint density at radius 3 is 1.41 bits per heavy atom. The fourth-order valence-corrected chi connectivity index (χ4v) is 5.57. The van der Waals surface area contributed by atoms with Gasteiger partial charge < -0.3 is 0 Å². The SMILES string of the molecule is Sc1ccc(-c2ccc(-c3ccc(Sc4ccc(C5CCCCC5)cc4)cc3)cc2)cc1. The van der Waals surface area contributed by atoms with E-state index in [1.54, 1.807) is 0 Å². The zero-order chi connectivity index (χ0) is 21.8. The van der Waals surface area contributed by atoms with E-state index in [-0.39, 0.29) is 0 Å². The molecule has 4 aromatic carbocycles. The maximum Gasteiger partial charge on any atom is 0.0122 e. The summed E-state index contributed by atoms with van der Waals surface area (Å²) in [7, 11) is 0. The van der Waals surface area contributed by atoms with Crippen molar-refractivity contribution < 1.29 is 0 Å². The molecule has 0 bridgehead atoms. The molecule has 0 nitrogen and oxygen atoms in total. The van der Waals surface area contributed by atoms with Gasteiger partial charge in [-0.05, 0) is 83.0 Å². The molecule has 0 radical (unpaired) electrons. The molecule has 0 N–H and O–H groups in total. The largest absolute Gasteiger partial charge is 0.143 e. The van der Waals surface area contributed by atoms with Gasteiger partial charge in [-0.2, -0.15) is 0 Å². The first-order valence-electron chi connectivity index (χ1n) is 11.5. The molecule has 32 heavy (non-hydrogen) atoms. The van der Waals surface area contributed by atoms with Gasteiger partial charge in [-0.3, -0.25) is 0 Å². The van der Waals surface area contributed by atoms with E-state index in [0.717, 1.165) is 10.8 Å². The van der Waals surface area contributed by atoms with Crippen molar-refractivity contribution in [3.8, 4) is 22.3 Å². The van der Waals surface area contributed by atoms with Crippen LogP contribution >= 0.6 is 24.4 Å². The van der Waals surface area contributed by atoms with Gasteiger partial charge in [0.05, 0.1) is 0 Å². The minimum Gasteiger partial charge on any atom is -0.143 e. The Labute approximate surface area is 201 Å². The van der Waals surface area contributed by atoms with Crippen LogP contribution in [-0.4, -0.2) is 0 Å². The van der Waals surface area contributed by atoms with Crippen LogP contribution in [0.25, 0.3) is 22.3 Å². The van der Waals surface area contributed by atoms with Crippen molar-refractivity contribution in [2.45, 2.75) is 52.7 Å². The van der Waals surface area contributed by atoms with Gasteiger partial charge in [0, 0.05) is 14.7 Å². The Kier molecular flexibility index (Phi) is 6.71. The summed E-state index contributed by atoms with van der Waals surface area (Å²) in [5.74, 6) is 0.774. The normalized spacial score (nSPS) is 14.4. The van der Waals surface area contributed by atoms with E-state index < -0.39 is 0 Å². The van der Waals surface area contributed by atoms with Crippen molar-refractivity contribution in [1.82, 2.24) is 0 Å². The summed E-state index contributed by atoms with van der Waals surface area (Å²) in [6.07, 6.45) is 6.90. The monoisotopic (exact) mass is 452 g/mol. The summed E-state index contributed by atoms with van der Waals surface area (Å²) in [5, 5.41) is 0. The third kappa shape index (κ3) is 5.14. The lowest BCUT2D eigenvalue weighted by molar-refractivity contribution is 0.443. The minimum absolute atomic E-state index is 0.774. The molecule has 160 valence electrons. The van der Waals surface area contributed by atoms with E-state index >= 15 is 0 Å². The molecule has 0 unspecified atom stereocenters. The molecule has 0 heterocycles. The van der Waals surface area contributed by atoms with Crippen molar-refractivity contribution in [1.29, 1.82) is 0 Å².